The number of fused-ring (bicyclic) bond motifs is 1. The first-order valence-corrected chi connectivity index (χ1v) is 7.66. The Morgan fingerprint density at radius 1 is 1.31 bits per heavy atom. The second kappa shape index (κ2) is 6.41. The summed E-state index contributed by atoms with van der Waals surface area (Å²) in [5.41, 5.74) is -0.743. The Labute approximate surface area is 146 Å². The van der Waals surface area contributed by atoms with Crippen molar-refractivity contribution in [3.05, 3.63) is 48.0 Å². The number of carbonyl (C=O) groups excluding carboxylic acids is 1. The fourth-order valence-electron chi connectivity index (χ4n) is 2.72. The molecular formula is C17H15F3N4O2. The molecule has 0 aliphatic carbocycles. The van der Waals surface area contributed by atoms with Crippen molar-refractivity contribution < 1.29 is 23.1 Å². The van der Waals surface area contributed by atoms with E-state index in [2.05, 4.69) is 10.2 Å². The van der Waals surface area contributed by atoms with Gasteiger partial charge in [-0.25, -0.2) is 10.2 Å². The van der Waals surface area contributed by atoms with Gasteiger partial charge in [-0.05, 0) is 17.7 Å². The normalized spacial score (nSPS) is 20.7. The van der Waals surface area contributed by atoms with E-state index in [0.29, 0.717) is 5.56 Å². The highest BCUT2D eigenvalue weighted by Crippen LogP contribution is 2.40. The maximum Gasteiger partial charge on any atom is 0.438 e. The summed E-state index contributed by atoms with van der Waals surface area (Å²) in [7, 11) is 0. The summed E-state index contributed by atoms with van der Waals surface area (Å²) >= 11 is 0. The SMILES string of the molecule is CC1=NN(C(=O)N/N=C/c2cccc3ccccc23)C(O)(C(F)(F)F)C1. The Morgan fingerprint density at radius 3 is 2.73 bits per heavy atom. The van der Waals surface area contributed by atoms with Crippen molar-refractivity contribution in [3.63, 3.8) is 0 Å². The van der Waals surface area contributed by atoms with Crippen molar-refractivity contribution in [2.75, 3.05) is 0 Å². The molecule has 2 amide bonds. The molecule has 0 fully saturated rings. The molecule has 2 N–H and O–H groups in total. The van der Waals surface area contributed by atoms with Crippen molar-refractivity contribution in [2.24, 2.45) is 10.2 Å². The first-order valence-electron chi connectivity index (χ1n) is 7.66. The molecule has 1 atom stereocenters. The van der Waals surface area contributed by atoms with Crippen molar-refractivity contribution in [1.82, 2.24) is 10.4 Å². The Balaban J connectivity index is 1.79. The van der Waals surface area contributed by atoms with Crippen LogP contribution in [-0.2, 0) is 0 Å². The van der Waals surface area contributed by atoms with Gasteiger partial charge in [-0.15, -0.1) is 0 Å². The molecular weight excluding hydrogens is 349 g/mol. The smallest absolute Gasteiger partial charge is 0.362 e. The minimum atomic E-state index is -5.05. The zero-order valence-electron chi connectivity index (χ0n) is 13.7. The van der Waals surface area contributed by atoms with Crippen molar-refractivity contribution in [1.29, 1.82) is 0 Å². The number of benzene rings is 2. The van der Waals surface area contributed by atoms with E-state index in [1.807, 2.05) is 35.8 Å². The summed E-state index contributed by atoms with van der Waals surface area (Å²) in [5, 5.41) is 18.8. The van der Waals surface area contributed by atoms with Crippen LogP contribution >= 0.6 is 0 Å². The standard InChI is InChI=1S/C17H15F3N4O2/c1-11-9-16(26,17(18,19)20)24(23-11)15(25)22-21-10-13-7-4-6-12-5-2-3-8-14(12)13/h2-8,10,26H,9H2,1H3,(H,22,25)/b21-10+. The van der Waals surface area contributed by atoms with E-state index in [1.54, 1.807) is 12.1 Å². The summed E-state index contributed by atoms with van der Waals surface area (Å²) in [5.74, 6) is 0. The van der Waals surface area contributed by atoms with Crippen molar-refractivity contribution in [2.45, 2.75) is 25.2 Å². The molecule has 6 nitrogen and oxygen atoms in total. The van der Waals surface area contributed by atoms with E-state index < -0.39 is 24.4 Å². The Morgan fingerprint density at radius 2 is 2.00 bits per heavy atom. The second-order valence-electron chi connectivity index (χ2n) is 5.88. The molecule has 0 radical (unpaired) electrons. The minimum Gasteiger partial charge on any atom is -0.362 e. The number of urea groups is 1. The lowest BCUT2D eigenvalue weighted by Crippen LogP contribution is -2.58. The van der Waals surface area contributed by atoms with Gasteiger partial charge in [0.25, 0.3) is 5.72 Å². The van der Waals surface area contributed by atoms with Crippen LogP contribution in [0.3, 0.4) is 0 Å². The van der Waals surface area contributed by atoms with E-state index in [1.165, 1.54) is 13.1 Å². The number of alkyl halides is 3. The zero-order chi connectivity index (χ0) is 18.9. The van der Waals surface area contributed by atoms with Gasteiger partial charge in [-0.2, -0.15) is 28.4 Å². The van der Waals surface area contributed by atoms with E-state index in [0.717, 1.165) is 10.8 Å². The molecule has 1 heterocycles. The second-order valence-corrected chi connectivity index (χ2v) is 5.88. The molecule has 1 aliphatic rings. The number of nitrogens with one attached hydrogen (secondary N) is 1. The van der Waals surface area contributed by atoms with Crippen LogP contribution in [0, 0.1) is 0 Å². The van der Waals surface area contributed by atoms with Crippen LogP contribution in [0.1, 0.15) is 18.9 Å². The van der Waals surface area contributed by atoms with Crippen LogP contribution in [0.15, 0.2) is 52.7 Å². The summed E-state index contributed by atoms with van der Waals surface area (Å²) in [6.45, 7) is 1.30. The zero-order valence-corrected chi connectivity index (χ0v) is 13.7. The van der Waals surface area contributed by atoms with Crippen molar-refractivity contribution in [3.8, 4) is 0 Å². The van der Waals surface area contributed by atoms with Crippen LogP contribution in [0.4, 0.5) is 18.0 Å². The molecule has 2 aromatic rings. The molecule has 0 bridgehead atoms. The lowest BCUT2D eigenvalue weighted by atomic mass is 10.1. The Hall–Kier alpha value is -2.94. The maximum absolute atomic E-state index is 13.1. The Kier molecular flexibility index (Phi) is 4.41. The van der Waals surface area contributed by atoms with Gasteiger partial charge < -0.3 is 5.11 Å². The summed E-state index contributed by atoms with van der Waals surface area (Å²) in [6, 6.07) is 11.6. The molecule has 2 aromatic carbocycles. The fraction of sp³-hybridized carbons (Fsp3) is 0.235. The van der Waals surface area contributed by atoms with Crippen LogP contribution < -0.4 is 5.43 Å². The monoisotopic (exact) mass is 364 g/mol. The molecule has 26 heavy (non-hydrogen) atoms. The molecule has 0 saturated carbocycles. The van der Waals surface area contributed by atoms with Crippen LogP contribution in [0.5, 0.6) is 0 Å². The highest BCUT2D eigenvalue weighted by atomic mass is 19.4. The van der Waals surface area contributed by atoms with Gasteiger partial charge in [0.15, 0.2) is 0 Å². The average molecular weight is 364 g/mol. The number of hydrogen-bond donors (Lipinski definition) is 2. The van der Waals surface area contributed by atoms with Crippen LogP contribution in [0.2, 0.25) is 0 Å². The molecule has 1 aliphatic heterocycles. The molecule has 0 aromatic heterocycles. The van der Waals surface area contributed by atoms with E-state index >= 15 is 0 Å². The largest absolute Gasteiger partial charge is 0.438 e. The highest BCUT2D eigenvalue weighted by Gasteiger charge is 2.62. The number of rotatable bonds is 2. The summed E-state index contributed by atoms with van der Waals surface area (Å²) < 4.78 is 39.3. The van der Waals surface area contributed by atoms with E-state index in [4.69, 9.17) is 0 Å². The molecule has 0 saturated heterocycles. The van der Waals surface area contributed by atoms with Gasteiger partial charge in [-0.1, -0.05) is 42.5 Å². The molecule has 0 spiro atoms. The lowest BCUT2D eigenvalue weighted by Gasteiger charge is -2.31. The number of nitrogens with zero attached hydrogens (tertiary/aromatic N) is 3. The van der Waals surface area contributed by atoms with Gasteiger partial charge in [0, 0.05) is 17.7 Å². The first-order chi connectivity index (χ1) is 12.2. The number of amides is 2. The van der Waals surface area contributed by atoms with Crippen LogP contribution in [-0.4, -0.2) is 40.0 Å². The average Bonchev–Trinajstić information content (AvgIpc) is 2.91. The highest BCUT2D eigenvalue weighted by molar-refractivity contribution is 6.00. The first kappa shape index (κ1) is 17.9. The molecule has 3 rings (SSSR count). The molecule has 136 valence electrons. The van der Waals surface area contributed by atoms with Crippen LogP contribution in [0.25, 0.3) is 10.8 Å². The fourth-order valence-corrected chi connectivity index (χ4v) is 2.72. The molecule has 9 heteroatoms. The summed E-state index contributed by atoms with van der Waals surface area (Å²) in [4.78, 5) is 12.0. The number of aliphatic hydroxyl groups is 1. The van der Waals surface area contributed by atoms with Crippen molar-refractivity contribution >= 4 is 28.7 Å². The van der Waals surface area contributed by atoms with Gasteiger partial charge in [0.1, 0.15) is 0 Å². The third-order valence-corrected chi connectivity index (χ3v) is 3.96. The number of carbonyl (C=O) groups is 1. The molecule has 1 unspecified atom stereocenters. The number of hydrazone groups is 2. The minimum absolute atomic E-state index is 0.0157. The van der Waals surface area contributed by atoms with Gasteiger partial charge in [0.05, 0.1) is 6.21 Å². The number of halogens is 3. The predicted molar refractivity (Wildman–Crippen MR) is 90.6 cm³/mol. The lowest BCUT2D eigenvalue weighted by molar-refractivity contribution is -0.297. The van der Waals surface area contributed by atoms with E-state index in [-0.39, 0.29) is 10.7 Å². The van der Waals surface area contributed by atoms with Gasteiger partial charge in [0.2, 0.25) is 0 Å². The van der Waals surface area contributed by atoms with E-state index in [9.17, 15) is 23.1 Å². The third kappa shape index (κ3) is 3.13. The third-order valence-electron chi connectivity index (χ3n) is 3.96. The van der Waals surface area contributed by atoms with Gasteiger partial charge in [-0.3, -0.25) is 0 Å². The predicted octanol–water partition coefficient (Wildman–Crippen LogP) is 3.22. The Bertz CT molecular complexity index is 905. The topological polar surface area (TPSA) is 77.3 Å². The van der Waals surface area contributed by atoms with Gasteiger partial charge >= 0.3 is 12.2 Å². The number of hydrogen-bond acceptors (Lipinski definition) is 4. The maximum atomic E-state index is 13.1. The quantitative estimate of drug-likeness (QED) is 0.634. The summed E-state index contributed by atoms with van der Waals surface area (Å²) in [6.07, 6.45) is -4.54.